The number of benzene rings is 1. The van der Waals surface area contributed by atoms with Gasteiger partial charge in [-0.05, 0) is 25.5 Å². The Kier molecular flexibility index (Phi) is 3.67. The van der Waals surface area contributed by atoms with E-state index in [1.807, 2.05) is 6.92 Å². The lowest BCUT2D eigenvalue weighted by Gasteiger charge is -2.08. The number of anilines is 2. The Morgan fingerprint density at radius 1 is 1.40 bits per heavy atom. The molecule has 0 atom stereocenters. The molecule has 0 saturated heterocycles. The van der Waals surface area contributed by atoms with Crippen molar-refractivity contribution in [1.82, 2.24) is 10.2 Å². The monoisotopic (exact) mass is 298 g/mol. The predicted octanol–water partition coefficient (Wildman–Crippen LogP) is 1.80. The van der Waals surface area contributed by atoms with Crippen LogP contribution in [0.4, 0.5) is 15.9 Å². The zero-order valence-corrected chi connectivity index (χ0v) is 11.9. The average Bonchev–Trinajstić information content (AvgIpc) is 2.82. The molecule has 6 nitrogen and oxygen atoms in total. The number of halogens is 1. The van der Waals surface area contributed by atoms with E-state index in [0.29, 0.717) is 6.42 Å². The molecule has 2 rings (SSSR count). The molecule has 0 radical (unpaired) electrons. The lowest BCUT2D eigenvalue weighted by atomic mass is 10.2. The van der Waals surface area contributed by atoms with E-state index in [-0.39, 0.29) is 22.0 Å². The lowest BCUT2D eigenvalue weighted by molar-refractivity contribution is 0.593. The minimum atomic E-state index is -3.92. The highest BCUT2D eigenvalue weighted by atomic mass is 32.2. The SMILES string of the molecule is CCc1cc(NS(=O)(=O)c2cc(N)c(C)c(F)c2)n[nH]1. The third-order valence-corrected chi connectivity index (χ3v) is 4.25. The van der Waals surface area contributed by atoms with Gasteiger partial charge in [0.25, 0.3) is 10.0 Å². The van der Waals surface area contributed by atoms with Crippen molar-refractivity contribution in [3.63, 3.8) is 0 Å². The molecule has 0 aliphatic carbocycles. The Bertz CT molecular complexity index is 717. The van der Waals surface area contributed by atoms with Crippen molar-refractivity contribution in [2.75, 3.05) is 10.5 Å². The summed E-state index contributed by atoms with van der Waals surface area (Å²) in [7, 11) is -3.92. The number of aromatic nitrogens is 2. The number of sulfonamides is 1. The summed E-state index contributed by atoms with van der Waals surface area (Å²) in [6.07, 6.45) is 0.695. The number of nitrogens with one attached hydrogen (secondary N) is 2. The fourth-order valence-corrected chi connectivity index (χ4v) is 2.66. The number of nitrogen functional groups attached to an aromatic ring is 1. The number of aryl methyl sites for hydroxylation is 1. The van der Waals surface area contributed by atoms with Crippen LogP contribution in [0.25, 0.3) is 0 Å². The third kappa shape index (κ3) is 2.74. The van der Waals surface area contributed by atoms with Crippen LogP contribution in [0.2, 0.25) is 0 Å². The molecule has 0 aliphatic heterocycles. The predicted molar refractivity (Wildman–Crippen MR) is 74.3 cm³/mol. The molecule has 0 fully saturated rings. The Labute approximate surface area is 116 Å². The van der Waals surface area contributed by atoms with E-state index < -0.39 is 15.8 Å². The van der Waals surface area contributed by atoms with Crippen molar-refractivity contribution in [2.24, 2.45) is 0 Å². The zero-order valence-electron chi connectivity index (χ0n) is 11.1. The van der Waals surface area contributed by atoms with Crippen LogP contribution in [-0.2, 0) is 16.4 Å². The Balaban J connectivity index is 2.35. The van der Waals surface area contributed by atoms with Gasteiger partial charge in [-0.25, -0.2) is 12.8 Å². The van der Waals surface area contributed by atoms with Crippen LogP contribution in [0, 0.1) is 12.7 Å². The molecule has 0 aliphatic rings. The van der Waals surface area contributed by atoms with E-state index in [9.17, 15) is 12.8 Å². The van der Waals surface area contributed by atoms with Crippen LogP contribution in [0.1, 0.15) is 18.2 Å². The highest BCUT2D eigenvalue weighted by molar-refractivity contribution is 7.92. The van der Waals surface area contributed by atoms with Crippen LogP contribution in [0.15, 0.2) is 23.1 Å². The van der Waals surface area contributed by atoms with Crippen LogP contribution in [0.5, 0.6) is 0 Å². The first kappa shape index (κ1) is 14.3. The molecule has 8 heteroatoms. The fraction of sp³-hybridized carbons (Fsp3) is 0.250. The summed E-state index contributed by atoms with van der Waals surface area (Å²) in [6, 6.07) is 3.72. The maximum absolute atomic E-state index is 13.6. The summed E-state index contributed by atoms with van der Waals surface area (Å²) in [4.78, 5) is -0.237. The maximum Gasteiger partial charge on any atom is 0.263 e. The standard InChI is InChI=1S/C12H15FN4O2S/c1-3-8-4-12(16-15-8)17-20(18,19)9-5-10(13)7(2)11(14)6-9/h4-6H,3,14H2,1-2H3,(H2,15,16,17). The maximum atomic E-state index is 13.6. The van der Waals surface area contributed by atoms with Crippen molar-refractivity contribution in [3.8, 4) is 0 Å². The highest BCUT2D eigenvalue weighted by Crippen LogP contribution is 2.22. The first-order valence-corrected chi connectivity index (χ1v) is 7.44. The second kappa shape index (κ2) is 5.12. The molecule has 0 amide bonds. The molecule has 4 N–H and O–H groups in total. The molecule has 2 aromatic rings. The Morgan fingerprint density at radius 3 is 2.65 bits per heavy atom. The van der Waals surface area contributed by atoms with E-state index in [1.54, 1.807) is 6.07 Å². The van der Waals surface area contributed by atoms with E-state index in [1.165, 1.54) is 13.0 Å². The zero-order chi connectivity index (χ0) is 14.9. The number of hydrogen-bond donors (Lipinski definition) is 3. The fourth-order valence-electron chi connectivity index (χ4n) is 1.62. The number of aromatic amines is 1. The summed E-state index contributed by atoms with van der Waals surface area (Å²) in [5.74, 6) is -0.511. The van der Waals surface area contributed by atoms with Gasteiger partial charge in [0.05, 0.1) is 4.90 Å². The second-order valence-electron chi connectivity index (χ2n) is 4.36. The molecule has 20 heavy (non-hydrogen) atoms. The summed E-state index contributed by atoms with van der Waals surface area (Å²) >= 11 is 0. The van der Waals surface area contributed by atoms with Crippen molar-refractivity contribution >= 4 is 21.5 Å². The van der Waals surface area contributed by atoms with Gasteiger partial charge in [-0.1, -0.05) is 6.92 Å². The third-order valence-electron chi connectivity index (χ3n) is 2.92. The Morgan fingerprint density at radius 2 is 2.10 bits per heavy atom. The molecule has 108 valence electrons. The number of H-pyrrole nitrogens is 1. The summed E-state index contributed by atoms with van der Waals surface area (Å²) < 4.78 is 40.1. The van der Waals surface area contributed by atoms with Crippen LogP contribution in [-0.4, -0.2) is 18.6 Å². The van der Waals surface area contributed by atoms with Crippen molar-refractivity contribution in [2.45, 2.75) is 25.2 Å². The first-order chi connectivity index (χ1) is 9.33. The van der Waals surface area contributed by atoms with Crippen molar-refractivity contribution < 1.29 is 12.8 Å². The number of rotatable bonds is 4. The molecule has 0 unspecified atom stereocenters. The van der Waals surface area contributed by atoms with Gasteiger partial charge in [-0.3, -0.25) is 9.82 Å². The van der Waals surface area contributed by atoms with Gasteiger partial charge >= 0.3 is 0 Å². The number of nitrogens with two attached hydrogens (primary N) is 1. The molecule has 0 bridgehead atoms. The van der Waals surface area contributed by atoms with Gasteiger partial charge < -0.3 is 5.73 Å². The molecule has 1 heterocycles. The topological polar surface area (TPSA) is 101 Å². The Hall–Kier alpha value is -2.09. The molecule has 1 aromatic heterocycles. The van der Waals surface area contributed by atoms with Gasteiger partial charge in [-0.15, -0.1) is 0 Å². The number of nitrogens with zero attached hydrogens (tertiary/aromatic N) is 1. The van der Waals surface area contributed by atoms with E-state index >= 15 is 0 Å². The first-order valence-electron chi connectivity index (χ1n) is 5.96. The lowest BCUT2D eigenvalue weighted by Crippen LogP contribution is -2.14. The van der Waals surface area contributed by atoms with E-state index in [2.05, 4.69) is 14.9 Å². The van der Waals surface area contributed by atoms with Crippen molar-refractivity contribution in [1.29, 1.82) is 0 Å². The molecule has 0 spiro atoms. The number of hydrogen-bond acceptors (Lipinski definition) is 4. The molecular weight excluding hydrogens is 283 g/mol. The molecular formula is C12H15FN4O2S. The average molecular weight is 298 g/mol. The minimum Gasteiger partial charge on any atom is -0.398 e. The van der Waals surface area contributed by atoms with Gasteiger partial charge in [0.1, 0.15) is 5.82 Å². The van der Waals surface area contributed by atoms with Gasteiger partial charge in [0, 0.05) is 23.0 Å². The summed E-state index contributed by atoms with van der Waals surface area (Å²) in [5, 5.41) is 6.51. The molecule has 0 saturated carbocycles. The van der Waals surface area contributed by atoms with Crippen molar-refractivity contribution in [3.05, 3.63) is 35.3 Å². The van der Waals surface area contributed by atoms with E-state index in [0.717, 1.165) is 11.8 Å². The van der Waals surface area contributed by atoms with E-state index in [4.69, 9.17) is 5.73 Å². The quantitative estimate of drug-likeness (QED) is 0.749. The van der Waals surface area contributed by atoms with Crippen LogP contribution in [0.3, 0.4) is 0 Å². The summed E-state index contributed by atoms with van der Waals surface area (Å²) in [5.41, 5.74) is 6.68. The van der Waals surface area contributed by atoms with Gasteiger partial charge in [-0.2, -0.15) is 5.10 Å². The summed E-state index contributed by atoms with van der Waals surface area (Å²) in [6.45, 7) is 3.39. The largest absolute Gasteiger partial charge is 0.398 e. The normalized spacial score (nSPS) is 11.6. The van der Waals surface area contributed by atoms with Crippen LogP contribution >= 0.6 is 0 Å². The van der Waals surface area contributed by atoms with Gasteiger partial charge in [0.2, 0.25) is 0 Å². The van der Waals surface area contributed by atoms with Crippen LogP contribution < -0.4 is 10.5 Å². The smallest absolute Gasteiger partial charge is 0.263 e. The minimum absolute atomic E-state index is 0.0849. The highest BCUT2D eigenvalue weighted by Gasteiger charge is 2.18. The second-order valence-corrected chi connectivity index (χ2v) is 6.04. The van der Waals surface area contributed by atoms with Gasteiger partial charge in [0.15, 0.2) is 5.82 Å². The molecule has 1 aromatic carbocycles.